The van der Waals surface area contributed by atoms with Gasteiger partial charge in [0.25, 0.3) is 5.91 Å². The van der Waals surface area contributed by atoms with Crippen molar-refractivity contribution in [1.82, 2.24) is 10.2 Å². The Morgan fingerprint density at radius 2 is 1.76 bits per heavy atom. The first-order chi connectivity index (χ1) is 13.8. The monoisotopic (exact) mass is 416 g/mol. The van der Waals surface area contributed by atoms with Crippen LogP contribution in [0.5, 0.6) is 0 Å². The van der Waals surface area contributed by atoms with Crippen LogP contribution in [-0.2, 0) is 4.79 Å². The number of nitrogens with zero attached hydrogens (tertiary/aromatic N) is 1. The fraction of sp³-hybridized carbons (Fsp3) is 0.391. The van der Waals surface area contributed by atoms with Gasteiger partial charge in [-0.25, -0.2) is 4.39 Å². The zero-order valence-electron chi connectivity index (χ0n) is 16.7. The molecular weight excluding hydrogens is 391 g/mol. The first-order valence-electron chi connectivity index (χ1n) is 9.96. The third kappa shape index (κ3) is 5.36. The zero-order chi connectivity index (χ0) is 21.0. The van der Waals surface area contributed by atoms with Gasteiger partial charge in [-0.05, 0) is 60.6 Å². The first kappa shape index (κ1) is 21.3. The second-order valence-corrected chi connectivity index (χ2v) is 8.29. The highest BCUT2D eigenvalue weighted by Gasteiger charge is 2.31. The van der Waals surface area contributed by atoms with Gasteiger partial charge in [0.15, 0.2) is 0 Å². The van der Waals surface area contributed by atoms with Crippen LogP contribution in [0.1, 0.15) is 48.5 Å². The number of hydrogen-bond acceptors (Lipinski definition) is 2. The van der Waals surface area contributed by atoms with Crippen LogP contribution in [0.2, 0.25) is 5.02 Å². The highest BCUT2D eigenvalue weighted by atomic mass is 35.5. The van der Waals surface area contributed by atoms with Crippen molar-refractivity contribution in [3.63, 3.8) is 0 Å². The Kier molecular flexibility index (Phi) is 6.91. The lowest BCUT2D eigenvalue weighted by Gasteiger charge is -2.35. The van der Waals surface area contributed by atoms with Crippen LogP contribution >= 0.6 is 11.6 Å². The molecule has 29 heavy (non-hydrogen) atoms. The van der Waals surface area contributed by atoms with Gasteiger partial charge in [0.2, 0.25) is 5.91 Å². The maximum Gasteiger partial charge on any atom is 0.252 e. The summed E-state index contributed by atoms with van der Waals surface area (Å²) >= 11 is 5.97. The Hall–Kier alpha value is -2.40. The Labute approximate surface area is 176 Å². The molecule has 3 rings (SSSR count). The summed E-state index contributed by atoms with van der Waals surface area (Å²) in [6.07, 6.45) is 1.74. The van der Waals surface area contributed by atoms with Crippen molar-refractivity contribution in [2.24, 2.45) is 5.92 Å². The van der Waals surface area contributed by atoms with E-state index in [9.17, 15) is 14.0 Å². The van der Waals surface area contributed by atoms with E-state index in [2.05, 4.69) is 5.32 Å². The molecule has 2 aromatic rings. The molecule has 0 radical (unpaired) electrons. The van der Waals surface area contributed by atoms with Gasteiger partial charge in [0.05, 0.1) is 0 Å². The van der Waals surface area contributed by atoms with Gasteiger partial charge >= 0.3 is 0 Å². The van der Waals surface area contributed by atoms with Crippen LogP contribution in [-0.4, -0.2) is 35.8 Å². The molecule has 0 saturated carbocycles. The van der Waals surface area contributed by atoms with Crippen molar-refractivity contribution >= 4 is 23.4 Å². The molecule has 1 atom stereocenters. The number of hydrogen-bond donors (Lipinski definition) is 1. The van der Waals surface area contributed by atoms with E-state index in [-0.39, 0.29) is 17.4 Å². The average Bonchev–Trinajstić information content (AvgIpc) is 2.72. The number of rotatable bonds is 5. The molecule has 2 amide bonds. The van der Waals surface area contributed by atoms with E-state index < -0.39 is 17.8 Å². The van der Waals surface area contributed by atoms with Crippen LogP contribution < -0.4 is 5.32 Å². The van der Waals surface area contributed by atoms with Crippen LogP contribution in [0.3, 0.4) is 0 Å². The molecule has 1 aliphatic rings. The van der Waals surface area contributed by atoms with E-state index >= 15 is 0 Å². The highest BCUT2D eigenvalue weighted by molar-refractivity contribution is 6.30. The first-order valence-corrected chi connectivity index (χ1v) is 10.3. The van der Waals surface area contributed by atoms with Gasteiger partial charge in [-0.2, -0.15) is 0 Å². The predicted octanol–water partition coefficient (Wildman–Crippen LogP) is 4.64. The zero-order valence-corrected chi connectivity index (χ0v) is 17.5. The van der Waals surface area contributed by atoms with Gasteiger partial charge < -0.3 is 10.2 Å². The minimum Gasteiger partial charge on any atom is -0.341 e. The van der Waals surface area contributed by atoms with Crippen LogP contribution in [0.4, 0.5) is 4.39 Å². The highest BCUT2D eigenvalue weighted by Crippen LogP contribution is 2.29. The Balaban J connectivity index is 1.62. The molecule has 4 nitrogen and oxygen atoms in total. The molecule has 6 heteroatoms. The Morgan fingerprint density at radius 1 is 1.10 bits per heavy atom. The van der Waals surface area contributed by atoms with Gasteiger partial charge in [-0.1, -0.05) is 43.6 Å². The van der Waals surface area contributed by atoms with Gasteiger partial charge in [0, 0.05) is 23.7 Å². The standard InChI is InChI=1S/C23H26ClFN2O2/c1-15(2)21(26-22(28)18-4-3-5-20(25)14-18)23(29)27-12-10-17(11-13-27)16-6-8-19(24)9-7-16/h3-9,14-15,17,21H,10-13H2,1-2H3,(H,26,28)/t21-/m1/s1. The van der Waals surface area contributed by atoms with Crippen molar-refractivity contribution in [3.8, 4) is 0 Å². The normalized spacial score (nSPS) is 16.0. The third-order valence-corrected chi connectivity index (χ3v) is 5.71. The van der Waals surface area contributed by atoms with E-state index in [1.54, 1.807) is 0 Å². The molecule has 0 unspecified atom stereocenters. The summed E-state index contributed by atoms with van der Waals surface area (Å²) in [6, 6.07) is 12.7. The van der Waals surface area contributed by atoms with Crippen molar-refractivity contribution in [3.05, 3.63) is 70.5 Å². The second-order valence-electron chi connectivity index (χ2n) is 7.86. The number of nitrogens with one attached hydrogen (secondary N) is 1. The van der Waals surface area contributed by atoms with E-state index in [0.29, 0.717) is 19.0 Å². The number of halogens is 2. The number of carbonyl (C=O) groups is 2. The largest absolute Gasteiger partial charge is 0.341 e. The lowest BCUT2D eigenvalue weighted by atomic mass is 9.89. The minimum absolute atomic E-state index is 0.0750. The molecular formula is C23H26ClFN2O2. The smallest absolute Gasteiger partial charge is 0.252 e. The molecule has 1 saturated heterocycles. The number of amides is 2. The number of benzene rings is 2. The van der Waals surface area contributed by atoms with Crippen LogP contribution in [0, 0.1) is 11.7 Å². The molecule has 1 N–H and O–H groups in total. The summed E-state index contributed by atoms with van der Waals surface area (Å²) in [5, 5.41) is 3.51. The second kappa shape index (κ2) is 9.40. The summed E-state index contributed by atoms with van der Waals surface area (Å²) in [7, 11) is 0. The Bertz CT molecular complexity index is 861. The number of carbonyl (C=O) groups excluding carboxylic acids is 2. The van der Waals surface area contributed by atoms with E-state index in [1.165, 1.54) is 29.8 Å². The fourth-order valence-corrected chi connectivity index (χ4v) is 3.86. The lowest BCUT2D eigenvalue weighted by molar-refractivity contribution is -0.135. The quantitative estimate of drug-likeness (QED) is 0.771. The number of piperidine rings is 1. The SMILES string of the molecule is CC(C)[C@@H](NC(=O)c1cccc(F)c1)C(=O)N1CCC(c2ccc(Cl)cc2)CC1. The molecule has 1 fully saturated rings. The molecule has 1 aliphatic heterocycles. The van der Waals surface area contributed by atoms with Gasteiger partial charge in [-0.3, -0.25) is 9.59 Å². The van der Waals surface area contributed by atoms with Crippen molar-refractivity contribution in [1.29, 1.82) is 0 Å². The van der Waals surface area contributed by atoms with E-state index in [0.717, 1.165) is 17.9 Å². The molecule has 0 spiro atoms. The van der Waals surface area contributed by atoms with Crippen molar-refractivity contribution in [2.75, 3.05) is 13.1 Å². The average molecular weight is 417 g/mol. The summed E-state index contributed by atoms with van der Waals surface area (Å²) < 4.78 is 13.4. The van der Waals surface area contributed by atoms with Gasteiger partial charge in [0.1, 0.15) is 11.9 Å². The third-order valence-electron chi connectivity index (χ3n) is 5.45. The van der Waals surface area contributed by atoms with Crippen molar-refractivity contribution < 1.29 is 14.0 Å². The maximum atomic E-state index is 13.4. The maximum absolute atomic E-state index is 13.4. The number of likely N-dealkylation sites (tertiary alicyclic amines) is 1. The summed E-state index contributed by atoms with van der Waals surface area (Å²) in [6.45, 7) is 5.08. The van der Waals surface area contributed by atoms with E-state index in [1.807, 2.05) is 43.0 Å². The summed E-state index contributed by atoms with van der Waals surface area (Å²) in [5.41, 5.74) is 1.45. The van der Waals surface area contributed by atoms with Gasteiger partial charge in [-0.15, -0.1) is 0 Å². The lowest BCUT2D eigenvalue weighted by Crippen LogP contribution is -2.52. The van der Waals surface area contributed by atoms with E-state index in [4.69, 9.17) is 11.6 Å². The Morgan fingerprint density at radius 3 is 2.34 bits per heavy atom. The van der Waals surface area contributed by atoms with Crippen LogP contribution in [0.25, 0.3) is 0 Å². The molecule has 0 aromatic heterocycles. The minimum atomic E-state index is -0.641. The molecule has 0 bridgehead atoms. The summed E-state index contributed by atoms with van der Waals surface area (Å²) in [5.74, 6) is -0.675. The topological polar surface area (TPSA) is 49.4 Å². The van der Waals surface area contributed by atoms with Crippen LogP contribution in [0.15, 0.2) is 48.5 Å². The molecule has 1 heterocycles. The molecule has 2 aromatic carbocycles. The molecule has 154 valence electrons. The fourth-order valence-electron chi connectivity index (χ4n) is 3.73. The predicted molar refractivity (Wildman–Crippen MR) is 112 cm³/mol. The molecule has 0 aliphatic carbocycles. The summed E-state index contributed by atoms with van der Waals surface area (Å²) in [4.78, 5) is 27.4. The van der Waals surface area contributed by atoms with Crippen molar-refractivity contribution in [2.45, 2.75) is 38.6 Å².